The van der Waals surface area contributed by atoms with Gasteiger partial charge in [0.2, 0.25) is 0 Å². The van der Waals surface area contributed by atoms with Gasteiger partial charge in [-0.15, -0.1) is 0 Å². The molecule has 0 atom stereocenters. The Kier molecular flexibility index (Phi) is 9.93. The Bertz CT molecular complexity index is 3080. The second kappa shape index (κ2) is 16.5. The minimum atomic E-state index is -2.83. The van der Waals surface area contributed by atoms with Crippen molar-refractivity contribution in [3.63, 3.8) is 0 Å². The molecule has 1 aliphatic heterocycles. The molecule has 1 heterocycles. The molecule has 1 aliphatic rings. The predicted molar refractivity (Wildman–Crippen MR) is 269 cm³/mol. The molecular formula is C60H44N2Si. The molecule has 3 heteroatoms. The number of rotatable bonds is 9. The summed E-state index contributed by atoms with van der Waals surface area (Å²) in [6.07, 6.45) is 0. The van der Waals surface area contributed by atoms with Crippen molar-refractivity contribution < 1.29 is 0 Å². The number of para-hydroxylation sites is 3. The van der Waals surface area contributed by atoms with Crippen LogP contribution in [-0.2, 0) is 0 Å². The van der Waals surface area contributed by atoms with Crippen LogP contribution in [0.25, 0.3) is 33.4 Å². The van der Waals surface area contributed by atoms with Crippen molar-refractivity contribution in [2.45, 2.75) is 0 Å². The van der Waals surface area contributed by atoms with E-state index in [-0.39, 0.29) is 0 Å². The van der Waals surface area contributed by atoms with E-state index in [1.165, 1.54) is 65.5 Å². The summed E-state index contributed by atoms with van der Waals surface area (Å²) in [6.45, 7) is 0. The van der Waals surface area contributed by atoms with Crippen LogP contribution in [0.3, 0.4) is 0 Å². The number of hydrogen-bond acceptors (Lipinski definition) is 2. The van der Waals surface area contributed by atoms with Crippen molar-refractivity contribution in [2.75, 3.05) is 9.80 Å². The second-order valence-corrected chi connectivity index (χ2v) is 19.8. The summed E-state index contributed by atoms with van der Waals surface area (Å²) in [5.74, 6) is 0. The summed E-state index contributed by atoms with van der Waals surface area (Å²) in [5.41, 5.74) is 14.2. The summed E-state index contributed by atoms with van der Waals surface area (Å²) in [5, 5.41) is 5.52. The summed E-state index contributed by atoms with van der Waals surface area (Å²) >= 11 is 0. The zero-order chi connectivity index (χ0) is 42.0. The molecule has 0 aromatic heterocycles. The van der Waals surface area contributed by atoms with Gasteiger partial charge in [0, 0.05) is 34.1 Å². The third-order valence-electron chi connectivity index (χ3n) is 12.5. The van der Waals surface area contributed by atoms with Crippen LogP contribution in [0.2, 0.25) is 0 Å². The molecule has 2 nitrogen and oxygen atoms in total. The zero-order valence-corrected chi connectivity index (χ0v) is 35.8. The van der Waals surface area contributed by atoms with E-state index in [0.29, 0.717) is 0 Å². The van der Waals surface area contributed by atoms with Crippen LogP contribution >= 0.6 is 0 Å². The van der Waals surface area contributed by atoms with Gasteiger partial charge in [0.15, 0.2) is 8.07 Å². The summed E-state index contributed by atoms with van der Waals surface area (Å²) in [4.78, 5) is 4.81. The van der Waals surface area contributed by atoms with E-state index < -0.39 is 8.07 Å². The van der Waals surface area contributed by atoms with Gasteiger partial charge in [-0.1, -0.05) is 206 Å². The van der Waals surface area contributed by atoms with Gasteiger partial charge < -0.3 is 9.80 Å². The predicted octanol–water partition coefficient (Wildman–Crippen LogP) is 13.3. The maximum atomic E-state index is 2.50. The highest BCUT2D eigenvalue weighted by Gasteiger charge is 2.48. The number of hydrogen-bond donors (Lipinski definition) is 0. The molecule has 10 aromatic rings. The Labute approximate surface area is 371 Å². The number of anilines is 6. The van der Waals surface area contributed by atoms with Crippen LogP contribution in [0.1, 0.15) is 0 Å². The maximum Gasteiger partial charge on any atom is 0.184 e. The van der Waals surface area contributed by atoms with Gasteiger partial charge in [-0.05, 0) is 115 Å². The Morgan fingerprint density at radius 2 is 0.635 bits per heavy atom. The number of fused-ring (bicyclic) bond motifs is 2. The fourth-order valence-electron chi connectivity index (χ4n) is 9.61. The minimum Gasteiger partial charge on any atom is -0.311 e. The molecule has 0 radical (unpaired) electrons. The fourth-order valence-corrected chi connectivity index (χ4v) is 14.7. The minimum absolute atomic E-state index is 1.10. The monoisotopic (exact) mass is 820 g/mol. The topological polar surface area (TPSA) is 6.48 Å². The van der Waals surface area contributed by atoms with E-state index in [9.17, 15) is 0 Å². The second-order valence-electron chi connectivity index (χ2n) is 16.1. The lowest BCUT2D eigenvalue weighted by molar-refractivity contribution is 1.28. The smallest absolute Gasteiger partial charge is 0.184 e. The molecule has 0 unspecified atom stereocenters. The Morgan fingerprint density at radius 3 is 1.17 bits per heavy atom. The van der Waals surface area contributed by atoms with Gasteiger partial charge in [0.05, 0.1) is 0 Å². The third kappa shape index (κ3) is 6.86. The summed E-state index contributed by atoms with van der Waals surface area (Å²) < 4.78 is 0. The van der Waals surface area contributed by atoms with Crippen molar-refractivity contribution in [2.24, 2.45) is 0 Å². The first-order chi connectivity index (χ1) is 31.3. The lowest BCUT2D eigenvalue weighted by atomic mass is 10.00. The van der Waals surface area contributed by atoms with Crippen LogP contribution in [0.4, 0.5) is 34.1 Å². The maximum absolute atomic E-state index is 2.83. The molecule has 11 rings (SSSR count). The first kappa shape index (κ1) is 38.0. The van der Waals surface area contributed by atoms with Gasteiger partial charge in [-0.3, -0.25) is 0 Å². The normalized spacial score (nSPS) is 12.5. The van der Waals surface area contributed by atoms with Crippen LogP contribution in [0, 0.1) is 0 Å². The van der Waals surface area contributed by atoms with E-state index >= 15 is 0 Å². The van der Waals surface area contributed by atoms with E-state index in [1.54, 1.807) is 0 Å². The molecule has 10 aromatic carbocycles. The third-order valence-corrected chi connectivity index (χ3v) is 17.4. The molecule has 0 spiro atoms. The van der Waals surface area contributed by atoms with E-state index in [4.69, 9.17) is 0 Å². The van der Waals surface area contributed by atoms with Crippen molar-refractivity contribution >= 4 is 62.9 Å². The average molecular weight is 821 g/mol. The number of benzene rings is 10. The summed E-state index contributed by atoms with van der Waals surface area (Å²) in [7, 11) is -2.83. The lowest BCUT2D eigenvalue weighted by Gasteiger charge is -2.45. The zero-order valence-electron chi connectivity index (χ0n) is 34.8. The van der Waals surface area contributed by atoms with E-state index in [2.05, 4.69) is 277 Å². The average Bonchev–Trinajstić information content (AvgIpc) is 3.37. The molecular weight excluding hydrogens is 777 g/mol. The van der Waals surface area contributed by atoms with Gasteiger partial charge in [0.1, 0.15) is 0 Å². The van der Waals surface area contributed by atoms with Gasteiger partial charge in [0.25, 0.3) is 0 Å². The Balaban J connectivity index is 1.01. The molecule has 0 amide bonds. The van der Waals surface area contributed by atoms with E-state index in [1.807, 2.05) is 0 Å². The molecule has 0 fully saturated rings. The Morgan fingerprint density at radius 1 is 0.270 bits per heavy atom. The van der Waals surface area contributed by atoms with Crippen molar-refractivity contribution in [3.8, 4) is 33.4 Å². The molecule has 0 aliphatic carbocycles. The van der Waals surface area contributed by atoms with Crippen LogP contribution < -0.4 is 30.5 Å². The quantitative estimate of drug-likeness (QED) is 0.134. The molecule has 298 valence electrons. The highest BCUT2D eigenvalue weighted by molar-refractivity contribution is 7.21. The first-order valence-electron chi connectivity index (χ1n) is 21.7. The van der Waals surface area contributed by atoms with Crippen LogP contribution in [0.15, 0.2) is 267 Å². The molecule has 0 bridgehead atoms. The van der Waals surface area contributed by atoms with Gasteiger partial charge >= 0.3 is 0 Å². The molecule has 0 saturated carbocycles. The standard InChI is InChI=1S/C60H44N2Si/c1-6-18-45(19-7-1)46-30-32-47(33-31-46)48-34-39-53(40-35-48)61(51-20-8-2-9-21-51)54-41-36-49(37-42-54)50-38-43-58-60(44-50)63(55-24-12-4-13-25-55,56-26-14-5-15-27-56)59-29-17-16-28-57(59)62(58)52-22-10-3-11-23-52/h1-44H. The lowest BCUT2D eigenvalue weighted by Crippen LogP contribution is -2.77. The summed E-state index contributed by atoms with van der Waals surface area (Å²) in [6, 6.07) is 97.7. The van der Waals surface area contributed by atoms with Crippen molar-refractivity contribution in [1.82, 2.24) is 0 Å². The molecule has 0 saturated heterocycles. The fraction of sp³-hybridized carbons (Fsp3) is 0. The SMILES string of the molecule is c1ccc(-c2ccc(-c3ccc(N(c4ccccc4)c4ccc(-c5ccc6c(c5)[Si](c5ccccc5)(c5ccccc5)c5ccccc5N6c5ccccc5)cc4)cc3)cc2)cc1. The largest absolute Gasteiger partial charge is 0.311 e. The van der Waals surface area contributed by atoms with Crippen molar-refractivity contribution in [3.05, 3.63) is 267 Å². The van der Waals surface area contributed by atoms with E-state index in [0.717, 1.165) is 22.7 Å². The van der Waals surface area contributed by atoms with Gasteiger partial charge in [-0.2, -0.15) is 0 Å². The molecule has 63 heavy (non-hydrogen) atoms. The highest BCUT2D eigenvalue weighted by atomic mass is 28.3. The van der Waals surface area contributed by atoms with Crippen LogP contribution in [0.5, 0.6) is 0 Å². The van der Waals surface area contributed by atoms with Gasteiger partial charge in [-0.25, -0.2) is 0 Å². The first-order valence-corrected chi connectivity index (χ1v) is 23.7. The van der Waals surface area contributed by atoms with Crippen molar-refractivity contribution in [1.29, 1.82) is 0 Å². The van der Waals surface area contributed by atoms with Crippen LogP contribution in [-0.4, -0.2) is 8.07 Å². The molecule has 0 N–H and O–H groups in total. The Hall–Kier alpha value is -7.98. The highest BCUT2D eigenvalue weighted by Crippen LogP contribution is 2.41. The number of nitrogens with zero attached hydrogens (tertiary/aromatic N) is 2.